The number of ether oxygens (including phenoxy) is 1. The molecule has 0 radical (unpaired) electrons. The third-order valence-electron chi connectivity index (χ3n) is 6.24. The van der Waals surface area contributed by atoms with Gasteiger partial charge >= 0.3 is 12.1 Å². The number of carboxylic acid groups (broad SMARTS) is 1. The molecule has 8 nitrogen and oxygen atoms in total. The van der Waals surface area contributed by atoms with Crippen molar-refractivity contribution in [3.63, 3.8) is 0 Å². The molecule has 4 rings (SSSR count). The molecule has 2 amide bonds. The highest BCUT2D eigenvalue weighted by Crippen LogP contribution is 2.44. The van der Waals surface area contributed by atoms with Gasteiger partial charge < -0.3 is 15.2 Å². The molecule has 0 heterocycles. The molecule has 2 aromatic rings. The summed E-state index contributed by atoms with van der Waals surface area (Å²) >= 11 is 0. The summed E-state index contributed by atoms with van der Waals surface area (Å²) in [6.45, 7) is 3.98. The number of hydroxylamine groups is 1. The molecule has 0 aromatic heterocycles. The van der Waals surface area contributed by atoms with Gasteiger partial charge in [-0.05, 0) is 53.4 Å². The average molecular weight is 467 g/mol. The van der Waals surface area contributed by atoms with Crippen LogP contribution in [0.25, 0.3) is 11.1 Å². The molecule has 1 fully saturated rings. The lowest BCUT2D eigenvalue weighted by molar-refractivity contribution is -0.163. The maximum atomic E-state index is 12.7. The smallest absolute Gasteiger partial charge is 0.407 e. The van der Waals surface area contributed by atoms with Crippen molar-refractivity contribution >= 4 is 18.0 Å². The van der Waals surface area contributed by atoms with Crippen LogP contribution in [0.2, 0.25) is 0 Å². The van der Waals surface area contributed by atoms with Gasteiger partial charge in [0.05, 0.1) is 0 Å². The van der Waals surface area contributed by atoms with E-state index in [0.29, 0.717) is 6.42 Å². The van der Waals surface area contributed by atoms with E-state index in [2.05, 4.69) is 22.9 Å². The fourth-order valence-electron chi connectivity index (χ4n) is 4.43. The molecule has 1 saturated carbocycles. The number of fused-ring (bicyclic) bond motifs is 3. The lowest BCUT2D eigenvalue weighted by atomic mass is 9.98. The maximum absolute atomic E-state index is 12.7. The Labute approximate surface area is 198 Å². The van der Waals surface area contributed by atoms with Crippen molar-refractivity contribution in [1.82, 2.24) is 10.8 Å². The van der Waals surface area contributed by atoms with Gasteiger partial charge in [0.1, 0.15) is 12.6 Å². The lowest BCUT2D eigenvalue weighted by Gasteiger charge is -2.22. The first-order valence-corrected chi connectivity index (χ1v) is 11.6. The van der Waals surface area contributed by atoms with Crippen LogP contribution >= 0.6 is 0 Å². The van der Waals surface area contributed by atoms with Crippen molar-refractivity contribution in [2.75, 3.05) is 6.61 Å². The standard InChI is InChI=1S/C26H30N2O6/c1-15(2)13-22(24(29)28-34-23(25(30)31)16-11-12-16)27-26(32)33-14-21-19-9-5-3-7-17(19)18-8-4-6-10-20(18)21/h3-10,15-16,21-23H,11-14H2,1-2H3,(H,27,32)(H,28,29)(H,30,31). The third kappa shape index (κ3) is 5.39. The van der Waals surface area contributed by atoms with Gasteiger partial charge in [-0.15, -0.1) is 0 Å². The number of carbonyl (C=O) groups excluding carboxylic acids is 2. The number of amides is 2. The molecule has 8 heteroatoms. The van der Waals surface area contributed by atoms with Crippen LogP contribution in [0.5, 0.6) is 0 Å². The number of carbonyl (C=O) groups is 3. The van der Waals surface area contributed by atoms with Crippen molar-refractivity contribution in [2.24, 2.45) is 11.8 Å². The van der Waals surface area contributed by atoms with Gasteiger partial charge in [0.25, 0.3) is 5.91 Å². The third-order valence-corrected chi connectivity index (χ3v) is 6.24. The molecule has 3 N–H and O–H groups in total. The second kappa shape index (κ2) is 10.3. The minimum Gasteiger partial charge on any atom is -0.479 e. The maximum Gasteiger partial charge on any atom is 0.407 e. The summed E-state index contributed by atoms with van der Waals surface area (Å²) in [5.74, 6) is -1.81. The first-order chi connectivity index (χ1) is 16.3. The van der Waals surface area contributed by atoms with Crippen LogP contribution in [0.3, 0.4) is 0 Å². The first kappa shape index (κ1) is 23.8. The Bertz CT molecular complexity index is 1020. The second-order valence-corrected chi connectivity index (χ2v) is 9.33. The highest BCUT2D eigenvalue weighted by molar-refractivity contribution is 5.85. The van der Waals surface area contributed by atoms with Gasteiger partial charge in [0, 0.05) is 5.92 Å². The number of aliphatic carboxylic acids is 1. The van der Waals surface area contributed by atoms with Gasteiger partial charge in [0.2, 0.25) is 0 Å². The zero-order chi connectivity index (χ0) is 24.2. The predicted octanol–water partition coefficient (Wildman–Crippen LogP) is 3.85. The summed E-state index contributed by atoms with van der Waals surface area (Å²) in [6.07, 6.45) is 0.0545. The van der Waals surface area contributed by atoms with Gasteiger partial charge in [-0.25, -0.2) is 15.1 Å². The summed E-state index contributed by atoms with van der Waals surface area (Å²) in [5.41, 5.74) is 6.69. The summed E-state index contributed by atoms with van der Waals surface area (Å²) in [4.78, 5) is 41.8. The van der Waals surface area contributed by atoms with Gasteiger partial charge in [-0.1, -0.05) is 62.4 Å². The molecule has 34 heavy (non-hydrogen) atoms. The molecule has 0 bridgehead atoms. The van der Waals surface area contributed by atoms with Crippen molar-refractivity contribution in [3.05, 3.63) is 59.7 Å². The number of hydrogen-bond donors (Lipinski definition) is 3. The zero-order valence-electron chi connectivity index (χ0n) is 19.3. The van der Waals surface area contributed by atoms with E-state index in [1.54, 1.807) is 0 Å². The highest BCUT2D eigenvalue weighted by atomic mass is 16.7. The molecular weight excluding hydrogens is 436 g/mol. The molecule has 180 valence electrons. The molecule has 2 aliphatic carbocycles. The first-order valence-electron chi connectivity index (χ1n) is 11.6. The van der Waals surface area contributed by atoms with E-state index in [-0.39, 0.29) is 24.4 Å². The Morgan fingerprint density at radius 3 is 2.12 bits per heavy atom. The van der Waals surface area contributed by atoms with Crippen LogP contribution in [0.1, 0.15) is 50.2 Å². The average Bonchev–Trinajstić information content (AvgIpc) is 3.59. The van der Waals surface area contributed by atoms with Crippen molar-refractivity contribution in [2.45, 2.75) is 51.2 Å². The van der Waals surface area contributed by atoms with E-state index in [1.165, 1.54) is 0 Å². The molecular formula is C26H30N2O6. The Morgan fingerprint density at radius 2 is 1.59 bits per heavy atom. The van der Waals surface area contributed by atoms with Gasteiger partial charge in [-0.2, -0.15) is 0 Å². The summed E-state index contributed by atoms with van der Waals surface area (Å²) in [6, 6.07) is 15.2. The van der Waals surface area contributed by atoms with Crippen LogP contribution in [0.15, 0.2) is 48.5 Å². The minimum atomic E-state index is -1.12. The summed E-state index contributed by atoms with van der Waals surface area (Å²) in [5, 5.41) is 11.9. The fraction of sp³-hybridized carbons (Fsp3) is 0.423. The number of alkyl carbamates (subject to hydrolysis) is 1. The SMILES string of the molecule is CC(C)CC(NC(=O)OCC1c2ccccc2-c2ccccc21)C(=O)NOC(C(=O)O)C1CC1. The van der Waals surface area contributed by atoms with Crippen LogP contribution in [-0.2, 0) is 19.2 Å². The van der Waals surface area contributed by atoms with Gasteiger partial charge in [0.15, 0.2) is 6.10 Å². The fourth-order valence-corrected chi connectivity index (χ4v) is 4.43. The number of hydrogen-bond acceptors (Lipinski definition) is 5. The monoisotopic (exact) mass is 466 g/mol. The van der Waals surface area contributed by atoms with Crippen LogP contribution in [0, 0.1) is 11.8 Å². The summed E-state index contributed by atoms with van der Waals surface area (Å²) < 4.78 is 5.55. The van der Waals surface area contributed by atoms with Gasteiger partial charge in [-0.3, -0.25) is 9.63 Å². The van der Waals surface area contributed by atoms with Crippen LogP contribution in [0.4, 0.5) is 4.79 Å². The topological polar surface area (TPSA) is 114 Å². The van der Waals surface area contributed by atoms with E-state index in [4.69, 9.17) is 9.57 Å². The molecule has 0 saturated heterocycles. The largest absolute Gasteiger partial charge is 0.479 e. The van der Waals surface area contributed by atoms with Crippen molar-refractivity contribution in [3.8, 4) is 11.1 Å². The predicted molar refractivity (Wildman–Crippen MR) is 125 cm³/mol. The second-order valence-electron chi connectivity index (χ2n) is 9.33. The molecule has 2 aliphatic rings. The van der Waals surface area contributed by atoms with Crippen LogP contribution in [-0.4, -0.2) is 41.8 Å². The number of rotatable bonds is 10. The molecule has 0 aliphatic heterocycles. The number of nitrogens with one attached hydrogen (secondary N) is 2. The van der Waals surface area contributed by atoms with Crippen LogP contribution < -0.4 is 10.8 Å². The van der Waals surface area contributed by atoms with Crippen molar-refractivity contribution in [1.29, 1.82) is 0 Å². The van der Waals surface area contributed by atoms with Crippen molar-refractivity contribution < 1.29 is 29.1 Å². The van der Waals surface area contributed by atoms with E-state index >= 15 is 0 Å². The molecule has 2 unspecified atom stereocenters. The number of carboxylic acids is 1. The molecule has 2 atom stereocenters. The number of benzene rings is 2. The highest BCUT2D eigenvalue weighted by Gasteiger charge is 2.38. The van der Waals surface area contributed by atoms with E-state index in [9.17, 15) is 19.5 Å². The van der Waals surface area contributed by atoms with E-state index in [0.717, 1.165) is 35.1 Å². The normalized spacial score (nSPS) is 16.3. The quantitative estimate of drug-likeness (QED) is 0.458. The molecule has 2 aromatic carbocycles. The minimum absolute atomic E-state index is 0.0891. The van der Waals surface area contributed by atoms with E-state index in [1.807, 2.05) is 50.2 Å². The zero-order valence-corrected chi connectivity index (χ0v) is 19.3. The Hall–Kier alpha value is -3.39. The lowest BCUT2D eigenvalue weighted by Crippen LogP contribution is -2.49. The Morgan fingerprint density at radius 1 is 1.00 bits per heavy atom. The summed E-state index contributed by atoms with van der Waals surface area (Å²) in [7, 11) is 0. The Kier molecular flexibility index (Phi) is 7.17. The van der Waals surface area contributed by atoms with E-state index < -0.39 is 30.1 Å². The Balaban J connectivity index is 1.37. The molecule has 0 spiro atoms.